The van der Waals surface area contributed by atoms with Gasteiger partial charge in [0.1, 0.15) is 23.0 Å². The van der Waals surface area contributed by atoms with Crippen molar-refractivity contribution in [3.63, 3.8) is 0 Å². The van der Waals surface area contributed by atoms with E-state index in [1.54, 1.807) is 0 Å². The average molecular weight is 889 g/mol. The molecule has 0 bridgehead atoms. The molecule has 0 atom stereocenters. The quantitative estimate of drug-likeness (QED) is 0.124. The normalized spacial score (nSPS) is 10.4. The number of rotatable bonds is 10. The van der Waals surface area contributed by atoms with Crippen LogP contribution in [-0.2, 0) is 0 Å². The van der Waals surface area contributed by atoms with Crippen LogP contribution in [-0.4, -0.2) is 35.7 Å². The second-order valence-electron chi connectivity index (χ2n) is 15.9. The zero-order chi connectivity index (χ0) is 47.1. The van der Waals surface area contributed by atoms with E-state index in [2.05, 4.69) is 38.1 Å². The van der Waals surface area contributed by atoms with Gasteiger partial charge in [-0.2, -0.15) is 0 Å². The smallest absolute Gasteiger partial charge is 0.267 e. The molecule has 0 unspecified atom stereocenters. The molecule has 0 fully saturated rings. The van der Waals surface area contributed by atoms with Crippen LogP contribution in [0.4, 0.5) is 0 Å². The van der Waals surface area contributed by atoms with Gasteiger partial charge < -0.3 is 9.47 Å². The van der Waals surface area contributed by atoms with Gasteiger partial charge in [-0.1, -0.05) is 180 Å². The van der Waals surface area contributed by atoms with Crippen LogP contribution < -0.4 is 9.47 Å². The highest BCUT2D eigenvalue weighted by Gasteiger charge is 2.23. The van der Waals surface area contributed by atoms with Crippen LogP contribution in [0.2, 0.25) is 0 Å². The van der Waals surface area contributed by atoms with Crippen molar-refractivity contribution in [2.45, 2.75) is 27.7 Å². The van der Waals surface area contributed by atoms with Crippen molar-refractivity contribution in [3.05, 3.63) is 252 Å². The summed E-state index contributed by atoms with van der Waals surface area (Å²) in [5, 5.41) is 0. The number of ether oxygens (including phenoxy) is 2. The number of nitrogens with zero attached hydrogens (tertiary/aromatic N) is 6. The van der Waals surface area contributed by atoms with E-state index in [9.17, 15) is 4.79 Å². The van der Waals surface area contributed by atoms with Gasteiger partial charge >= 0.3 is 0 Å². The van der Waals surface area contributed by atoms with Crippen molar-refractivity contribution in [2.24, 2.45) is 0 Å². The highest BCUT2D eigenvalue weighted by atomic mass is 16.5. The molecule has 10 rings (SSSR count). The molecule has 68 heavy (non-hydrogen) atoms. The lowest BCUT2D eigenvalue weighted by atomic mass is 10.1. The molecule has 0 N–H and O–H groups in total. The van der Waals surface area contributed by atoms with Gasteiger partial charge in [-0.05, 0) is 88.4 Å². The minimum absolute atomic E-state index is 0.112. The summed E-state index contributed by atoms with van der Waals surface area (Å²) in [6.07, 6.45) is 0. The monoisotopic (exact) mass is 888 g/mol. The van der Waals surface area contributed by atoms with Crippen molar-refractivity contribution in [3.8, 4) is 68.5 Å². The predicted molar refractivity (Wildman–Crippen MR) is 270 cm³/mol. The molecule has 0 aliphatic rings. The van der Waals surface area contributed by atoms with Crippen LogP contribution in [0, 0.1) is 27.7 Å². The summed E-state index contributed by atoms with van der Waals surface area (Å²) in [5.74, 6) is 3.00. The van der Waals surface area contributed by atoms with Crippen LogP contribution >= 0.6 is 0 Å². The molecular formula is C59H48N6O3. The van der Waals surface area contributed by atoms with E-state index in [-0.39, 0.29) is 11.6 Å². The lowest BCUT2D eigenvalue weighted by Gasteiger charge is -2.11. The van der Waals surface area contributed by atoms with Crippen LogP contribution in [0.5, 0.6) is 23.0 Å². The second-order valence-corrected chi connectivity index (χ2v) is 15.9. The van der Waals surface area contributed by atoms with Crippen molar-refractivity contribution < 1.29 is 14.3 Å². The fourth-order valence-electron chi connectivity index (χ4n) is 6.86. The number of aromatic nitrogens is 6. The van der Waals surface area contributed by atoms with E-state index in [0.29, 0.717) is 57.4 Å². The fraction of sp³-hybridized carbons (Fsp3) is 0.0678. The average Bonchev–Trinajstić information content (AvgIpc) is 3.37. The first-order valence-electron chi connectivity index (χ1n) is 22.1. The molecule has 9 nitrogen and oxygen atoms in total. The number of aryl methyl sites for hydroxylation is 4. The van der Waals surface area contributed by atoms with Gasteiger partial charge in [0.15, 0.2) is 23.3 Å². The maximum absolute atomic E-state index is 14.6. The summed E-state index contributed by atoms with van der Waals surface area (Å²) in [5.41, 5.74) is 7.42. The summed E-state index contributed by atoms with van der Waals surface area (Å²) in [4.78, 5) is 43.0. The Morgan fingerprint density at radius 1 is 0.294 bits per heavy atom. The highest BCUT2D eigenvalue weighted by molar-refractivity contribution is 6.04. The van der Waals surface area contributed by atoms with E-state index in [4.69, 9.17) is 39.4 Å². The minimum atomic E-state index is -0.585. The molecule has 0 saturated heterocycles. The van der Waals surface area contributed by atoms with Gasteiger partial charge in [0.05, 0.1) is 0 Å². The third-order valence-electron chi connectivity index (χ3n) is 10.3. The third kappa shape index (κ3) is 12.6. The molecule has 0 amide bonds. The van der Waals surface area contributed by atoms with E-state index >= 15 is 0 Å². The Bertz CT molecular complexity index is 3020. The molecule has 8 aromatic carbocycles. The first-order chi connectivity index (χ1) is 33.2. The Hall–Kier alpha value is -8.95. The van der Waals surface area contributed by atoms with Gasteiger partial charge in [0.2, 0.25) is 11.6 Å². The predicted octanol–water partition coefficient (Wildman–Crippen LogP) is 14.1. The molecule has 332 valence electrons. The number of carbonyl (C=O) groups excluding carboxylic acids is 1. The Morgan fingerprint density at radius 3 is 0.882 bits per heavy atom. The Kier molecular flexibility index (Phi) is 15.0. The lowest BCUT2D eigenvalue weighted by molar-refractivity contribution is 0.101. The molecule has 2 heterocycles. The van der Waals surface area contributed by atoms with Gasteiger partial charge in [0.25, 0.3) is 5.78 Å². The first kappa shape index (κ1) is 45.6. The summed E-state index contributed by atoms with van der Waals surface area (Å²) in [7, 11) is 0. The van der Waals surface area contributed by atoms with Crippen molar-refractivity contribution in [2.75, 3.05) is 0 Å². The van der Waals surface area contributed by atoms with E-state index in [1.807, 2.05) is 208 Å². The van der Waals surface area contributed by atoms with Crippen LogP contribution in [0.1, 0.15) is 38.7 Å². The van der Waals surface area contributed by atoms with Crippen LogP contribution in [0.15, 0.2) is 218 Å². The first-order valence-corrected chi connectivity index (χ1v) is 22.1. The lowest BCUT2D eigenvalue weighted by Crippen LogP contribution is -2.15. The standard InChI is InChI=1S/C45H32N6O3.2C7H8/c1-29-13-9-15-31(25-29)40-46-42(33-17-11-23-37(27-33)53-35-19-5-3-6-20-35)50-44(48-40)39(52)45-49-41(32-16-10-14-30(2)26-32)47-43(51-45)34-18-12-24-38(28-34)54-36-21-7-4-8-22-36;2*1-7-5-3-2-4-6-7/h3-28H,1-2H3;2*2-6H,1H3. The maximum Gasteiger partial charge on any atom is 0.267 e. The molecule has 9 heteroatoms. The van der Waals surface area contributed by atoms with Crippen molar-refractivity contribution in [1.82, 2.24) is 29.9 Å². The molecular weight excluding hydrogens is 841 g/mol. The molecule has 2 aromatic heterocycles. The highest BCUT2D eigenvalue weighted by Crippen LogP contribution is 2.30. The Labute approximate surface area is 396 Å². The summed E-state index contributed by atoms with van der Waals surface area (Å²) in [6, 6.07) is 69.9. The number of para-hydroxylation sites is 2. The summed E-state index contributed by atoms with van der Waals surface area (Å²) in [6.45, 7) is 8.14. The van der Waals surface area contributed by atoms with Gasteiger partial charge in [0, 0.05) is 22.3 Å². The Morgan fingerprint density at radius 2 is 0.574 bits per heavy atom. The number of ketones is 1. The van der Waals surface area contributed by atoms with Crippen LogP contribution in [0.3, 0.4) is 0 Å². The number of benzene rings is 8. The fourth-order valence-corrected chi connectivity index (χ4v) is 6.86. The Balaban J connectivity index is 0.000000382. The van der Waals surface area contributed by atoms with Gasteiger partial charge in [-0.25, -0.2) is 29.9 Å². The number of carbonyl (C=O) groups is 1. The zero-order valence-corrected chi connectivity index (χ0v) is 38.2. The molecule has 0 radical (unpaired) electrons. The summed E-state index contributed by atoms with van der Waals surface area (Å²) < 4.78 is 12.2. The maximum atomic E-state index is 14.6. The molecule has 0 aliphatic carbocycles. The molecule has 10 aromatic rings. The molecule has 0 spiro atoms. The van der Waals surface area contributed by atoms with Crippen molar-refractivity contribution in [1.29, 1.82) is 0 Å². The number of hydrogen-bond acceptors (Lipinski definition) is 9. The van der Waals surface area contributed by atoms with E-state index < -0.39 is 5.78 Å². The van der Waals surface area contributed by atoms with Crippen LogP contribution in [0.25, 0.3) is 45.6 Å². The largest absolute Gasteiger partial charge is 0.457 e. The molecule has 0 aliphatic heterocycles. The SMILES string of the molecule is Cc1cccc(-c2nc(C(=O)c3nc(-c4cccc(C)c4)nc(-c4cccc(Oc5ccccc5)c4)n3)nc(-c3cccc(Oc4ccccc4)c3)n2)c1.Cc1ccccc1.Cc1ccccc1. The van der Waals surface area contributed by atoms with E-state index in [1.165, 1.54) is 11.1 Å². The summed E-state index contributed by atoms with van der Waals surface area (Å²) >= 11 is 0. The third-order valence-corrected chi connectivity index (χ3v) is 10.3. The topological polar surface area (TPSA) is 113 Å². The van der Waals surface area contributed by atoms with Crippen molar-refractivity contribution >= 4 is 5.78 Å². The minimum Gasteiger partial charge on any atom is -0.457 e. The number of hydrogen-bond donors (Lipinski definition) is 0. The second kappa shape index (κ2) is 22.3. The van der Waals surface area contributed by atoms with Gasteiger partial charge in [-0.15, -0.1) is 0 Å². The van der Waals surface area contributed by atoms with E-state index in [0.717, 1.165) is 22.3 Å². The van der Waals surface area contributed by atoms with Gasteiger partial charge in [-0.3, -0.25) is 4.79 Å². The zero-order valence-electron chi connectivity index (χ0n) is 38.2. The molecule has 0 saturated carbocycles.